The molecule has 1 aromatic carbocycles. The molecular weight excluding hydrogens is 296 g/mol. The Kier molecular flexibility index (Phi) is 6.40. The molecule has 2 aromatic rings. The number of unbranched alkanes of at least 4 members (excludes halogenated alkanes) is 2. The molecule has 1 heterocycles. The van der Waals surface area contributed by atoms with Gasteiger partial charge in [-0.1, -0.05) is 19.8 Å². The van der Waals surface area contributed by atoms with Crippen LogP contribution in [-0.2, 0) is 6.61 Å². The van der Waals surface area contributed by atoms with Crippen molar-refractivity contribution < 1.29 is 9.53 Å². The topological polar surface area (TPSA) is 51.2 Å². The second-order valence-electron chi connectivity index (χ2n) is 5.13. The van der Waals surface area contributed by atoms with Crippen molar-refractivity contribution in [2.24, 2.45) is 0 Å². The highest BCUT2D eigenvalue weighted by atomic mass is 32.1. The number of aromatic nitrogens is 1. The Labute approximate surface area is 135 Å². The fourth-order valence-electron chi connectivity index (χ4n) is 2.01. The van der Waals surface area contributed by atoms with Gasteiger partial charge in [-0.3, -0.25) is 4.79 Å². The first-order chi connectivity index (χ1) is 10.7. The highest BCUT2D eigenvalue weighted by Gasteiger charge is 2.05. The number of nitrogens with one attached hydrogen (secondary N) is 1. The van der Waals surface area contributed by atoms with Gasteiger partial charge >= 0.3 is 0 Å². The zero-order valence-corrected chi connectivity index (χ0v) is 13.9. The maximum Gasteiger partial charge on any atom is 0.251 e. The van der Waals surface area contributed by atoms with E-state index in [0.717, 1.165) is 42.3 Å². The van der Waals surface area contributed by atoms with E-state index in [1.165, 1.54) is 0 Å². The highest BCUT2D eigenvalue weighted by molar-refractivity contribution is 7.09. The SMILES string of the molecule is CCCCCNC(=O)c1ccc(OCc2csc(C)n2)cc1. The van der Waals surface area contributed by atoms with E-state index in [-0.39, 0.29) is 5.91 Å². The molecule has 0 aliphatic rings. The minimum atomic E-state index is -0.0298. The molecule has 0 aliphatic carbocycles. The van der Waals surface area contributed by atoms with Crippen LogP contribution in [0.25, 0.3) is 0 Å². The second-order valence-corrected chi connectivity index (χ2v) is 6.20. The summed E-state index contributed by atoms with van der Waals surface area (Å²) in [6.45, 7) is 5.30. The van der Waals surface area contributed by atoms with E-state index < -0.39 is 0 Å². The van der Waals surface area contributed by atoms with Crippen molar-refractivity contribution >= 4 is 17.2 Å². The third kappa shape index (κ3) is 5.15. The summed E-state index contributed by atoms with van der Waals surface area (Å²) < 4.78 is 5.67. The van der Waals surface area contributed by atoms with Crippen molar-refractivity contribution in [2.75, 3.05) is 6.54 Å². The Morgan fingerprint density at radius 1 is 1.27 bits per heavy atom. The van der Waals surface area contributed by atoms with E-state index in [0.29, 0.717) is 12.2 Å². The summed E-state index contributed by atoms with van der Waals surface area (Å²) in [5.74, 6) is 0.714. The molecule has 1 amide bonds. The number of rotatable bonds is 8. The van der Waals surface area contributed by atoms with Gasteiger partial charge in [0.15, 0.2) is 0 Å². The summed E-state index contributed by atoms with van der Waals surface area (Å²) in [4.78, 5) is 16.3. The van der Waals surface area contributed by atoms with Gasteiger partial charge in [0.05, 0.1) is 10.7 Å². The van der Waals surface area contributed by atoms with Crippen LogP contribution in [0.5, 0.6) is 5.75 Å². The maximum absolute atomic E-state index is 11.9. The third-order valence-corrected chi connectivity index (χ3v) is 4.06. The number of hydrogen-bond donors (Lipinski definition) is 1. The fraction of sp³-hybridized carbons (Fsp3) is 0.412. The van der Waals surface area contributed by atoms with Crippen LogP contribution in [-0.4, -0.2) is 17.4 Å². The number of hydrogen-bond acceptors (Lipinski definition) is 4. The monoisotopic (exact) mass is 318 g/mol. The molecule has 0 spiro atoms. The fourth-order valence-corrected chi connectivity index (χ4v) is 2.61. The van der Waals surface area contributed by atoms with Crippen LogP contribution < -0.4 is 10.1 Å². The van der Waals surface area contributed by atoms with Gasteiger partial charge in [0.1, 0.15) is 12.4 Å². The Balaban J connectivity index is 1.80. The third-order valence-electron chi connectivity index (χ3n) is 3.24. The summed E-state index contributed by atoms with van der Waals surface area (Å²) in [7, 11) is 0. The van der Waals surface area contributed by atoms with Crippen LogP contribution in [0.2, 0.25) is 0 Å². The van der Waals surface area contributed by atoms with Crippen LogP contribution in [0, 0.1) is 6.92 Å². The lowest BCUT2D eigenvalue weighted by atomic mass is 10.2. The van der Waals surface area contributed by atoms with Crippen molar-refractivity contribution in [3.8, 4) is 5.75 Å². The quantitative estimate of drug-likeness (QED) is 0.750. The molecule has 0 unspecified atom stereocenters. The Morgan fingerprint density at radius 3 is 2.68 bits per heavy atom. The molecule has 22 heavy (non-hydrogen) atoms. The molecule has 5 heteroatoms. The van der Waals surface area contributed by atoms with Crippen molar-refractivity contribution in [2.45, 2.75) is 39.7 Å². The van der Waals surface area contributed by atoms with Crippen molar-refractivity contribution in [3.05, 3.63) is 45.9 Å². The molecule has 118 valence electrons. The Bertz CT molecular complexity index is 593. The van der Waals surface area contributed by atoms with E-state index in [2.05, 4.69) is 17.2 Å². The normalized spacial score (nSPS) is 10.5. The number of nitrogens with zero attached hydrogens (tertiary/aromatic N) is 1. The average molecular weight is 318 g/mol. The zero-order valence-electron chi connectivity index (χ0n) is 13.1. The van der Waals surface area contributed by atoms with Gasteiger partial charge in [-0.25, -0.2) is 4.98 Å². The van der Waals surface area contributed by atoms with Gasteiger partial charge in [-0.15, -0.1) is 11.3 Å². The molecule has 1 aromatic heterocycles. The van der Waals surface area contributed by atoms with E-state index in [1.54, 1.807) is 23.5 Å². The first-order valence-electron chi connectivity index (χ1n) is 7.61. The average Bonchev–Trinajstić information content (AvgIpc) is 2.95. The minimum Gasteiger partial charge on any atom is -0.487 e. The van der Waals surface area contributed by atoms with Crippen LogP contribution in [0.4, 0.5) is 0 Å². The summed E-state index contributed by atoms with van der Waals surface area (Å²) in [5.41, 5.74) is 1.59. The van der Waals surface area contributed by atoms with Gasteiger partial charge in [0.25, 0.3) is 5.91 Å². The van der Waals surface area contributed by atoms with Crippen LogP contribution in [0.3, 0.4) is 0 Å². The summed E-state index contributed by atoms with van der Waals surface area (Å²) >= 11 is 1.61. The number of carbonyl (C=O) groups excluding carboxylic acids is 1. The first-order valence-corrected chi connectivity index (χ1v) is 8.49. The van der Waals surface area contributed by atoms with E-state index in [9.17, 15) is 4.79 Å². The van der Waals surface area contributed by atoms with E-state index >= 15 is 0 Å². The van der Waals surface area contributed by atoms with Gasteiger partial charge in [0.2, 0.25) is 0 Å². The smallest absolute Gasteiger partial charge is 0.251 e. The van der Waals surface area contributed by atoms with Gasteiger partial charge in [0, 0.05) is 17.5 Å². The Hall–Kier alpha value is -1.88. The predicted molar refractivity (Wildman–Crippen MR) is 89.5 cm³/mol. The lowest BCUT2D eigenvalue weighted by molar-refractivity contribution is 0.0953. The summed E-state index contributed by atoms with van der Waals surface area (Å²) in [6.07, 6.45) is 3.32. The molecule has 0 aliphatic heterocycles. The molecule has 1 N–H and O–H groups in total. The highest BCUT2D eigenvalue weighted by Crippen LogP contribution is 2.15. The van der Waals surface area contributed by atoms with Gasteiger partial charge in [-0.2, -0.15) is 0 Å². The van der Waals surface area contributed by atoms with Crippen molar-refractivity contribution in [1.29, 1.82) is 0 Å². The maximum atomic E-state index is 11.9. The second kappa shape index (κ2) is 8.54. The Morgan fingerprint density at radius 2 is 2.05 bits per heavy atom. The van der Waals surface area contributed by atoms with Crippen LogP contribution >= 0.6 is 11.3 Å². The van der Waals surface area contributed by atoms with Crippen LogP contribution in [0.1, 0.15) is 47.2 Å². The number of amides is 1. The van der Waals surface area contributed by atoms with Crippen molar-refractivity contribution in [3.63, 3.8) is 0 Å². The van der Waals surface area contributed by atoms with Crippen LogP contribution in [0.15, 0.2) is 29.6 Å². The first kappa shape index (κ1) is 16.5. The minimum absolute atomic E-state index is 0.0298. The van der Waals surface area contributed by atoms with Crippen molar-refractivity contribution in [1.82, 2.24) is 10.3 Å². The van der Waals surface area contributed by atoms with Gasteiger partial charge in [-0.05, 0) is 37.6 Å². The molecule has 0 atom stereocenters. The number of ether oxygens (including phenoxy) is 1. The molecule has 0 saturated heterocycles. The largest absolute Gasteiger partial charge is 0.487 e. The lowest BCUT2D eigenvalue weighted by Crippen LogP contribution is -2.24. The number of aryl methyl sites for hydroxylation is 1. The predicted octanol–water partition coefficient (Wildman–Crippen LogP) is 3.95. The van der Waals surface area contributed by atoms with Gasteiger partial charge < -0.3 is 10.1 Å². The number of carbonyl (C=O) groups is 1. The molecule has 0 radical (unpaired) electrons. The standard InChI is InChI=1S/C17H22N2O2S/c1-3-4-5-10-18-17(20)14-6-8-16(9-7-14)21-11-15-12-22-13(2)19-15/h6-9,12H,3-5,10-11H2,1-2H3,(H,18,20). The molecule has 0 fully saturated rings. The van der Waals surface area contributed by atoms with E-state index in [4.69, 9.17) is 4.74 Å². The molecule has 0 bridgehead atoms. The lowest BCUT2D eigenvalue weighted by Gasteiger charge is -2.07. The summed E-state index contributed by atoms with van der Waals surface area (Å²) in [5, 5.41) is 5.95. The summed E-state index contributed by atoms with van der Waals surface area (Å²) in [6, 6.07) is 7.22. The number of thiazole rings is 1. The molecule has 2 rings (SSSR count). The molecular formula is C17H22N2O2S. The number of benzene rings is 1. The van der Waals surface area contributed by atoms with E-state index in [1.807, 2.05) is 24.4 Å². The molecule has 4 nitrogen and oxygen atoms in total. The zero-order chi connectivity index (χ0) is 15.8. The molecule has 0 saturated carbocycles.